The molecular formula is C48H51FN8O6. The van der Waals surface area contributed by atoms with Crippen LogP contribution in [0.15, 0.2) is 65.5 Å². The average molecular weight is 855 g/mol. The number of rotatable bonds is 9. The van der Waals surface area contributed by atoms with Crippen LogP contribution >= 0.6 is 0 Å². The van der Waals surface area contributed by atoms with Gasteiger partial charge in [0.05, 0.1) is 16.8 Å². The Bertz CT molecular complexity index is 2670. The van der Waals surface area contributed by atoms with E-state index in [1.54, 1.807) is 35.2 Å². The Morgan fingerprint density at radius 1 is 0.921 bits per heavy atom. The van der Waals surface area contributed by atoms with Gasteiger partial charge in [0.1, 0.15) is 29.8 Å². The molecule has 5 fully saturated rings. The van der Waals surface area contributed by atoms with Gasteiger partial charge in [-0.1, -0.05) is 27.7 Å². The normalized spacial score (nSPS) is 27.0. The molecule has 2 unspecified atom stereocenters. The van der Waals surface area contributed by atoms with Crippen LogP contribution in [0, 0.1) is 45.7 Å². The van der Waals surface area contributed by atoms with E-state index in [4.69, 9.17) is 4.74 Å². The van der Waals surface area contributed by atoms with E-state index in [0.29, 0.717) is 64.2 Å². The molecule has 0 radical (unpaired) electrons. The average Bonchev–Trinajstić information content (AvgIpc) is 3.52. The molecule has 3 aromatic carbocycles. The number of halogens is 1. The van der Waals surface area contributed by atoms with Gasteiger partial charge in [-0.3, -0.25) is 34.2 Å². The number of piperazine rings is 1. The number of carbonyl (C=O) groups is 4. The van der Waals surface area contributed by atoms with E-state index in [9.17, 15) is 29.2 Å². The molecule has 3 N–H and O–H groups in total. The van der Waals surface area contributed by atoms with Crippen molar-refractivity contribution in [1.29, 1.82) is 5.26 Å². The van der Waals surface area contributed by atoms with E-state index in [-0.39, 0.29) is 47.4 Å². The number of pyridine rings is 1. The van der Waals surface area contributed by atoms with Gasteiger partial charge in [0, 0.05) is 104 Å². The molecule has 2 aliphatic carbocycles. The number of hydrogen-bond acceptors (Lipinski definition) is 10. The van der Waals surface area contributed by atoms with Gasteiger partial charge in [-0.25, -0.2) is 4.39 Å². The number of nitrogens with zero attached hydrogens (tertiary/aromatic N) is 5. The maximum atomic E-state index is 15.8. The molecule has 4 amide bonds. The molecule has 14 nitrogen and oxygen atoms in total. The van der Waals surface area contributed by atoms with Crippen LogP contribution in [0.2, 0.25) is 0 Å². The second kappa shape index (κ2) is 14.9. The molecular weight excluding hydrogens is 804 g/mol. The molecule has 1 aromatic heterocycles. The monoisotopic (exact) mass is 854 g/mol. The van der Waals surface area contributed by atoms with Crippen molar-refractivity contribution in [2.75, 3.05) is 55.6 Å². The first-order valence-corrected chi connectivity index (χ1v) is 22.0. The number of fused-ring (bicyclic) bond motifs is 3. The molecule has 0 bridgehead atoms. The van der Waals surface area contributed by atoms with Crippen LogP contribution in [0.1, 0.15) is 72.4 Å². The van der Waals surface area contributed by atoms with E-state index in [1.807, 2.05) is 39.8 Å². The minimum atomic E-state index is -0.625. The predicted molar refractivity (Wildman–Crippen MR) is 233 cm³/mol. The largest absolute Gasteiger partial charge is 0.488 e. The summed E-state index contributed by atoms with van der Waals surface area (Å²) in [5.41, 5.74) is 2.84. The zero-order valence-corrected chi connectivity index (χ0v) is 35.9. The molecule has 326 valence electrons. The lowest BCUT2D eigenvalue weighted by Crippen LogP contribution is -2.74. The van der Waals surface area contributed by atoms with Crippen molar-refractivity contribution in [3.8, 4) is 11.8 Å². The third kappa shape index (κ3) is 6.90. The van der Waals surface area contributed by atoms with E-state index in [1.165, 1.54) is 12.1 Å². The molecule has 10 rings (SSSR count). The van der Waals surface area contributed by atoms with Crippen LogP contribution in [0.5, 0.6) is 5.75 Å². The molecule has 5 heterocycles. The van der Waals surface area contributed by atoms with Gasteiger partial charge in [0.2, 0.25) is 17.4 Å². The SMILES string of the molecule is CC1(C)C(NC(=O)c2ccc(N3CC4C(CN5CCN(c6ccc7c(c6)CN([C@H]6CCC(=O)NC6=O)C7=O)CC5)[C@H]4C3)c(F)c2)C(C)(C)C1Oc1ccc(C#N)c2[nH]c(=O)ccc12. The number of aromatic amines is 1. The number of H-pyrrole nitrogens is 1. The fourth-order valence-electron chi connectivity index (χ4n) is 11.8. The van der Waals surface area contributed by atoms with Crippen molar-refractivity contribution in [2.45, 2.75) is 65.3 Å². The molecule has 4 aliphatic heterocycles. The van der Waals surface area contributed by atoms with Gasteiger partial charge in [-0.2, -0.15) is 5.26 Å². The number of benzene rings is 3. The second-order valence-corrected chi connectivity index (χ2v) is 19.5. The number of hydrogen-bond donors (Lipinski definition) is 3. The standard InChI is InChI=1S/C48H51FN8O6/c1-47(2)45(48(3,4)46(47)63-38-12-6-27(21-50)41-31(38)9-13-39(58)51-41)53-42(60)26-5-10-36(35(49)20-26)56-24-33-32(34(33)25-56)23-54-15-17-55(18-16-54)29-7-8-30-28(19-29)22-57(44(30)62)37-11-14-40(59)52-43(37)61/h5-10,12-13,19-20,32-34,37,45-46H,11,14-18,22-25H2,1-4H3,(H,51,58)(H,53,60)(H,52,59,61)/t32?,33-,34?,37+,45?,46?/m1/s1. The summed E-state index contributed by atoms with van der Waals surface area (Å²) in [4.78, 5) is 74.3. The van der Waals surface area contributed by atoms with Crippen molar-refractivity contribution < 1.29 is 28.3 Å². The Balaban J connectivity index is 0.704. The molecule has 2 saturated carbocycles. The lowest BCUT2D eigenvalue weighted by atomic mass is 9.49. The first-order chi connectivity index (χ1) is 30.1. The van der Waals surface area contributed by atoms with E-state index >= 15 is 4.39 Å². The number of ether oxygens (including phenoxy) is 1. The van der Waals surface area contributed by atoms with Crippen LogP contribution in [-0.4, -0.2) is 102 Å². The molecule has 15 heteroatoms. The van der Waals surface area contributed by atoms with Crippen molar-refractivity contribution >= 4 is 45.9 Å². The molecule has 6 aliphatic rings. The Labute approximate surface area is 364 Å². The Morgan fingerprint density at radius 3 is 2.37 bits per heavy atom. The number of piperidine rings is 2. The van der Waals surface area contributed by atoms with Gasteiger partial charge >= 0.3 is 0 Å². The van der Waals surface area contributed by atoms with Crippen molar-refractivity contribution in [2.24, 2.45) is 28.6 Å². The summed E-state index contributed by atoms with van der Waals surface area (Å²) in [5, 5.41) is 15.7. The smallest absolute Gasteiger partial charge is 0.255 e. The summed E-state index contributed by atoms with van der Waals surface area (Å²) in [6.07, 6.45) is 0.257. The minimum Gasteiger partial charge on any atom is -0.488 e. The van der Waals surface area contributed by atoms with Gasteiger partial charge in [-0.15, -0.1) is 0 Å². The summed E-state index contributed by atoms with van der Waals surface area (Å²) >= 11 is 0. The molecule has 4 atom stereocenters. The summed E-state index contributed by atoms with van der Waals surface area (Å²) in [6.45, 7) is 14.7. The van der Waals surface area contributed by atoms with Crippen LogP contribution in [0.4, 0.5) is 15.8 Å². The van der Waals surface area contributed by atoms with Gasteiger partial charge in [-0.05, 0) is 84.3 Å². The fourth-order valence-corrected chi connectivity index (χ4v) is 11.8. The maximum Gasteiger partial charge on any atom is 0.255 e. The van der Waals surface area contributed by atoms with Crippen molar-refractivity contribution in [3.05, 3.63) is 99.1 Å². The molecule has 63 heavy (non-hydrogen) atoms. The lowest BCUT2D eigenvalue weighted by molar-refractivity contribution is -0.163. The first kappa shape index (κ1) is 40.8. The molecule has 4 aromatic rings. The number of nitriles is 1. The Hall–Kier alpha value is -6.27. The summed E-state index contributed by atoms with van der Waals surface area (Å²) in [6, 6.07) is 18.3. The van der Waals surface area contributed by atoms with Gasteiger partial charge in [0.25, 0.3) is 11.8 Å². The van der Waals surface area contributed by atoms with Gasteiger partial charge < -0.3 is 29.7 Å². The van der Waals surface area contributed by atoms with Crippen LogP contribution < -0.4 is 30.7 Å². The van der Waals surface area contributed by atoms with E-state index in [0.717, 1.165) is 57.1 Å². The molecule has 0 spiro atoms. The van der Waals surface area contributed by atoms with E-state index in [2.05, 4.69) is 42.5 Å². The number of imide groups is 1. The third-order valence-electron chi connectivity index (χ3n) is 15.0. The zero-order chi connectivity index (χ0) is 44.1. The van der Waals surface area contributed by atoms with Crippen molar-refractivity contribution in [3.63, 3.8) is 0 Å². The van der Waals surface area contributed by atoms with E-state index < -0.39 is 28.6 Å². The quantitative estimate of drug-likeness (QED) is 0.205. The molecule has 3 saturated heterocycles. The van der Waals surface area contributed by atoms with Crippen LogP contribution in [-0.2, 0) is 16.1 Å². The number of amides is 4. The van der Waals surface area contributed by atoms with Crippen LogP contribution in [0.25, 0.3) is 10.9 Å². The number of anilines is 2. The highest BCUT2D eigenvalue weighted by atomic mass is 19.1. The maximum absolute atomic E-state index is 15.8. The number of carbonyl (C=O) groups excluding carboxylic acids is 4. The third-order valence-corrected chi connectivity index (χ3v) is 15.0. The highest BCUT2D eigenvalue weighted by Crippen LogP contribution is 2.56. The van der Waals surface area contributed by atoms with Crippen LogP contribution in [0.3, 0.4) is 0 Å². The summed E-state index contributed by atoms with van der Waals surface area (Å²) in [5.74, 6) is 0.515. The number of aromatic nitrogens is 1. The first-order valence-electron chi connectivity index (χ1n) is 22.0. The number of nitrogens with one attached hydrogen (secondary N) is 3. The predicted octanol–water partition coefficient (Wildman–Crippen LogP) is 4.42. The second-order valence-electron chi connectivity index (χ2n) is 19.5. The topological polar surface area (TPSA) is 171 Å². The Morgan fingerprint density at radius 2 is 1.67 bits per heavy atom. The summed E-state index contributed by atoms with van der Waals surface area (Å²) in [7, 11) is 0. The highest BCUT2D eigenvalue weighted by molar-refractivity contribution is 6.05. The minimum absolute atomic E-state index is 0.162. The summed E-state index contributed by atoms with van der Waals surface area (Å²) < 4.78 is 22.4. The zero-order valence-electron chi connectivity index (χ0n) is 35.9. The van der Waals surface area contributed by atoms with Crippen molar-refractivity contribution in [1.82, 2.24) is 25.4 Å². The lowest BCUT2D eigenvalue weighted by Gasteiger charge is -2.63. The highest BCUT2D eigenvalue weighted by Gasteiger charge is 2.64. The Kier molecular flexibility index (Phi) is 9.67. The fraction of sp³-hybridized carbons (Fsp3) is 0.458. The van der Waals surface area contributed by atoms with Gasteiger partial charge in [0.15, 0.2) is 0 Å².